The Bertz CT molecular complexity index is 1220. The van der Waals surface area contributed by atoms with E-state index in [2.05, 4.69) is 9.84 Å². The molecule has 0 saturated carbocycles. The summed E-state index contributed by atoms with van der Waals surface area (Å²) in [7, 11) is 4.94. The van der Waals surface area contributed by atoms with Crippen LogP contribution in [-0.2, 0) is 19.4 Å². The summed E-state index contributed by atoms with van der Waals surface area (Å²) in [4.78, 5) is 0. The van der Waals surface area contributed by atoms with Crippen molar-refractivity contribution in [2.45, 2.75) is 19.4 Å². The summed E-state index contributed by atoms with van der Waals surface area (Å²) in [5.74, 6) is 3.03. The van der Waals surface area contributed by atoms with E-state index in [1.165, 1.54) is 0 Å². The summed E-state index contributed by atoms with van der Waals surface area (Å²) in [5, 5.41) is 9.04. The lowest BCUT2D eigenvalue weighted by Gasteiger charge is -2.14. The number of nitrogens with zero attached hydrogens (tertiary/aromatic N) is 3. The molecule has 5 rings (SSSR count). The van der Waals surface area contributed by atoms with Gasteiger partial charge < -0.3 is 18.7 Å². The van der Waals surface area contributed by atoms with Crippen molar-refractivity contribution < 1.29 is 18.7 Å². The number of hydrogen-bond acceptors (Lipinski definition) is 6. The summed E-state index contributed by atoms with van der Waals surface area (Å²) < 4.78 is 23.9. The minimum absolute atomic E-state index is 0.613. The zero-order valence-corrected chi connectivity index (χ0v) is 17.7. The highest BCUT2D eigenvalue weighted by atomic mass is 16.5. The van der Waals surface area contributed by atoms with Crippen molar-refractivity contribution in [2.75, 3.05) is 21.3 Å². The summed E-state index contributed by atoms with van der Waals surface area (Å²) in [6.07, 6.45) is 3.56. The van der Waals surface area contributed by atoms with Crippen LogP contribution in [0.25, 0.3) is 22.6 Å². The highest BCUT2D eigenvalue weighted by molar-refractivity contribution is 5.83. The van der Waals surface area contributed by atoms with Gasteiger partial charge in [0.15, 0.2) is 17.3 Å². The molecule has 0 amide bonds. The highest BCUT2D eigenvalue weighted by Gasteiger charge is 2.29. The van der Waals surface area contributed by atoms with Crippen LogP contribution in [0.5, 0.6) is 17.2 Å². The van der Waals surface area contributed by atoms with E-state index in [0.717, 1.165) is 58.0 Å². The average Bonchev–Trinajstić information content (AvgIpc) is 3.43. The van der Waals surface area contributed by atoms with E-state index in [9.17, 15) is 0 Å². The Morgan fingerprint density at radius 1 is 0.935 bits per heavy atom. The van der Waals surface area contributed by atoms with Crippen molar-refractivity contribution in [1.82, 2.24) is 14.9 Å². The zero-order valence-electron chi connectivity index (χ0n) is 17.7. The molecule has 7 nitrogen and oxygen atoms in total. The predicted octanol–water partition coefficient (Wildman–Crippen LogP) is 4.38. The number of hydrogen-bond donors (Lipinski definition) is 0. The number of benzene rings is 2. The van der Waals surface area contributed by atoms with E-state index in [-0.39, 0.29) is 0 Å². The molecule has 4 aromatic rings. The number of rotatable bonds is 6. The first-order valence-corrected chi connectivity index (χ1v) is 10.1. The van der Waals surface area contributed by atoms with Crippen LogP contribution in [0.1, 0.15) is 16.8 Å². The first kappa shape index (κ1) is 19.2. The molecule has 2 aromatic heterocycles. The third kappa shape index (κ3) is 3.32. The molecule has 0 fully saturated rings. The number of methoxy groups -OCH3 is 3. The number of fused-ring (bicyclic) bond motifs is 3. The lowest BCUT2D eigenvalue weighted by atomic mass is 9.92. The fourth-order valence-electron chi connectivity index (χ4n) is 4.12. The van der Waals surface area contributed by atoms with Crippen LogP contribution in [0.4, 0.5) is 0 Å². The van der Waals surface area contributed by atoms with Gasteiger partial charge in [-0.05, 0) is 54.8 Å². The first-order valence-electron chi connectivity index (χ1n) is 10.1. The predicted molar refractivity (Wildman–Crippen MR) is 116 cm³/mol. The third-order valence-electron chi connectivity index (χ3n) is 5.70. The van der Waals surface area contributed by atoms with E-state index in [1.54, 1.807) is 21.3 Å². The standard InChI is InChI=1S/C24H23N3O4/c1-28-18-8-5-16(6-9-18)23-22-19(10-7-17-13-25-31-24(17)22)27(26-23)14-15-4-11-20(29-2)21(12-15)30-3/h4-6,8-9,11-13H,7,10,14H2,1-3H3. The van der Waals surface area contributed by atoms with E-state index >= 15 is 0 Å². The minimum atomic E-state index is 0.613. The van der Waals surface area contributed by atoms with Gasteiger partial charge in [-0.1, -0.05) is 11.2 Å². The Kier molecular flexibility index (Phi) is 4.86. The normalized spacial score (nSPS) is 12.2. The van der Waals surface area contributed by atoms with Crippen molar-refractivity contribution >= 4 is 0 Å². The van der Waals surface area contributed by atoms with E-state index in [0.29, 0.717) is 18.0 Å². The van der Waals surface area contributed by atoms with Crippen molar-refractivity contribution in [3.63, 3.8) is 0 Å². The van der Waals surface area contributed by atoms with Crippen LogP contribution in [-0.4, -0.2) is 36.3 Å². The van der Waals surface area contributed by atoms with Gasteiger partial charge in [0.05, 0.1) is 45.3 Å². The molecular weight excluding hydrogens is 394 g/mol. The largest absolute Gasteiger partial charge is 0.497 e. The smallest absolute Gasteiger partial charge is 0.174 e. The molecule has 0 saturated heterocycles. The molecule has 0 N–H and O–H groups in total. The molecule has 7 heteroatoms. The second-order valence-electron chi connectivity index (χ2n) is 7.43. The first-order chi connectivity index (χ1) is 15.2. The SMILES string of the molecule is COc1ccc(-c2nn(Cc3ccc(OC)c(OC)c3)c3c2-c2oncc2CC3)cc1. The van der Waals surface area contributed by atoms with Crippen molar-refractivity contribution in [3.05, 3.63) is 65.5 Å². The molecular formula is C24H23N3O4. The zero-order chi connectivity index (χ0) is 21.4. The Morgan fingerprint density at radius 3 is 2.48 bits per heavy atom. The van der Waals surface area contributed by atoms with Gasteiger partial charge in [0, 0.05) is 11.1 Å². The van der Waals surface area contributed by atoms with Crippen molar-refractivity contribution in [2.24, 2.45) is 0 Å². The van der Waals surface area contributed by atoms with E-state index < -0.39 is 0 Å². The van der Waals surface area contributed by atoms with Gasteiger partial charge in [-0.2, -0.15) is 5.10 Å². The van der Waals surface area contributed by atoms with Gasteiger partial charge in [0.2, 0.25) is 0 Å². The van der Waals surface area contributed by atoms with Gasteiger partial charge in [-0.3, -0.25) is 4.68 Å². The Labute approximate surface area is 180 Å². The summed E-state index contributed by atoms with van der Waals surface area (Å²) in [5.41, 5.74) is 6.25. The molecule has 1 aliphatic rings. The molecule has 31 heavy (non-hydrogen) atoms. The molecule has 158 valence electrons. The van der Waals surface area contributed by atoms with Gasteiger partial charge in [0.1, 0.15) is 11.4 Å². The third-order valence-corrected chi connectivity index (χ3v) is 5.70. The topological polar surface area (TPSA) is 71.5 Å². The highest BCUT2D eigenvalue weighted by Crippen LogP contribution is 2.41. The lowest BCUT2D eigenvalue weighted by molar-refractivity contribution is 0.354. The maximum atomic E-state index is 5.66. The molecule has 0 unspecified atom stereocenters. The number of aromatic nitrogens is 3. The molecule has 2 aromatic carbocycles. The van der Waals surface area contributed by atoms with Crippen molar-refractivity contribution in [1.29, 1.82) is 0 Å². The van der Waals surface area contributed by atoms with Gasteiger partial charge in [-0.25, -0.2) is 0 Å². The maximum absolute atomic E-state index is 5.66. The van der Waals surface area contributed by atoms with Crippen LogP contribution in [0.15, 0.2) is 53.2 Å². The summed E-state index contributed by atoms with van der Waals surface area (Å²) in [6.45, 7) is 0.613. The Hall–Kier alpha value is -3.74. The van der Waals surface area contributed by atoms with Gasteiger partial charge >= 0.3 is 0 Å². The molecule has 0 atom stereocenters. The number of ether oxygens (including phenoxy) is 3. The van der Waals surface area contributed by atoms with Gasteiger partial charge in [0.25, 0.3) is 0 Å². The van der Waals surface area contributed by atoms with E-state index in [4.69, 9.17) is 23.8 Å². The molecule has 0 spiro atoms. The molecule has 2 heterocycles. The van der Waals surface area contributed by atoms with Gasteiger partial charge in [-0.15, -0.1) is 0 Å². The Balaban J connectivity index is 1.61. The molecule has 0 radical (unpaired) electrons. The Morgan fingerprint density at radius 2 is 1.74 bits per heavy atom. The summed E-state index contributed by atoms with van der Waals surface area (Å²) >= 11 is 0. The monoisotopic (exact) mass is 417 g/mol. The minimum Gasteiger partial charge on any atom is -0.497 e. The lowest BCUT2D eigenvalue weighted by Crippen LogP contribution is -2.10. The van der Waals surface area contributed by atoms with Crippen LogP contribution in [0.3, 0.4) is 0 Å². The quantitative estimate of drug-likeness (QED) is 0.464. The van der Waals surface area contributed by atoms with E-state index in [1.807, 2.05) is 48.7 Å². The van der Waals surface area contributed by atoms with Crippen LogP contribution < -0.4 is 14.2 Å². The molecule has 1 aliphatic carbocycles. The summed E-state index contributed by atoms with van der Waals surface area (Å²) in [6, 6.07) is 13.9. The second-order valence-corrected chi connectivity index (χ2v) is 7.43. The maximum Gasteiger partial charge on any atom is 0.174 e. The second kappa shape index (κ2) is 7.83. The van der Waals surface area contributed by atoms with Crippen molar-refractivity contribution in [3.8, 4) is 39.8 Å². The number of aryl methyl sites for hydroxylation is 1. The molecule has 0 aliphatic heterocycles. The fraction of sp³-hybridized carbons (Fsp3) is 0.250. The van der Waals surface area contributed by atoms with Crippen LogP contribution in [0.2, 0.25) is 0 Å². The molecule has 0 bridgehead atoms. The fourth-order valence-corrected chi connectivity index (χ4v) is 4.12. The average molecular weight is 417 g/mol. The van der Waals surface area contributed by atoms with Crippen LogP contribution >= 0.6 is 0 Å². The van der Waals surface area contributed by atoms with Crippen LogP contribution in [0, 0.1) is 0 Å².